The molecule has 1 unspecified atom stereocenters. The number of halogens is 3. The molecule has 8 heteroatoms. The molecule has 0 aromatic heterocycles. The zero-order valence-electron chi connectivity index (χ0n) is 13.4. The molecule has 1 atom stereocenters. The van der Waals surface area contributed by atoms with E-state index in [4.69, 9.17) is 4.74 Å². The lowest BCUT2D eigenvalue weighted by molar-refractivity contribution is -0.132. The number of anilines is 1. The molecule has 0 aliphatic carbocycles. The summed E-state index contributed by atoms with van der Waals surface area (Å²) in [7, 11) is 0. The van der Waals surface area contributed by atoms with Gasteiger partial charge in [0, 0.05) is 50.9 Å². The molecule has 0 spiro atoms. The molecule has 2 saturated heterocycles. The Morgan fingerprint density at radius 3 is 2.42 bits per heavy atom. The fourth-order valence-corrected chi connectivity index (χ4v) is 2.96. The number of hydrogen-bond donors (Lipinski definition) is 1. The lowest BCUT2D eigenvalue weighted by Crippen LogP contribution is -2.51. The lowest BCUT2D eigenvalue weighted by atomic mass is 10.1. The number of nitrogens with zero attached hydrogens (tertiary/aromatic N) is 2. The zero-order chi connectivity index (χ0) is 15.4. The SMILES string of the molecule is Cl.Cl.O=C(CC1COCCN1)N1CCN(c2ccc(F)cc2)CC1. The van der Waals surface area contributed by atoms with Crippen molar-refractivity contribution in [3.63, 3.8) is 0 Å². The summed E-state index contributed by atoms with van der Waals surface area (Å²) >= 11 is 0. The lowest BCUT2D eigenvalue weighted by Gasteiger charge is -2.37. The molecule has 24 heavy (non-hydrogen) atoms. The maximum atomic E-state index is 13.0. The number of piperazine rings is 1. The van der Waals surface area contributed by atoms with Crippen LogP contribution in [-0.2, 0) is 9.53 Å². The average molecular weight is 380 g/mol. The third-order valence-corrected chi connectivity index (χ3v) is 4.24. The zero-order valence-corrected chi connectivity index (χ0v) is 15.1. The molecule has 0 bridgehead atoms. The summed E-state index contributed by atoms with van der Waals surface area (Å²) in [6.45, 7) is 5.14. The van der Waals surface area contributed by atoms with E-state index in [0.717, 1.165) is 31.9 Å². The van der Waals surface area contributed by atoms with Gasteiger partial charge in [-0.25, -0.2) is 4.39 Å². The Hall–Kier alpha value is -1.08. The Morgan fingerprint density at radius 1 is 1.17 bits per heavy atom. The van der Waals surface area contributed by atoms with Gasteiger partial charge in [0.1, 0.15) is 5.82 Å². The second kappa shape index (κ2) is 10.0. The molecule has 1 aromatic rings. The topological polar surface area (TPSA) is 44.8 Å². The summed E-state index contributed by atoms with van der Waals surface area (Å²) in [6.07, 6.45) is 0.497. The highest BCUT2D eigenvalue weighted by atomic mass is 35.5. The highest BCUT2D eigenvalue weighted by molar-refractivity contribution is 5.85. The Labute approximate surface area is 154 Å². The number of nitrogens with one attached hydrogen (secondary N) is 1. The van der Waals surface area contributed by atoms with E-state index in [2.05, 4.69) is 10.2 Å². The second-order valence-corrected chi connectivity index (χ2v) is 5.77. The number of ether oxygens (including phenoxy) is 1. The van der Waals surface area contributed by atoms with Crippen molar-refractivity contribution < 1.29 is 13.9 Å². The molecule has 0 radical (unpaired) electrons. The van der Waals surface area contributed by atoms with Crippen molar-refractivity contribution in [3.8, 4) is 0 Å². The molecule has 1 N–H and O–H groups in total. The van der Waals surface area contributed by atoms with E-state index in [1.54, 1.807) is 12.1 Å². The largest absolute Gasteiger partial charge is 0.378 e. The van der Waals surface area contributed by atoms with Gasteiger partial charge in [0.05, 0.1) is 13.2 Å². The van der Waals surface area contributed by atoms with Crippen LogP contribution in [0.4, 0.5) is 10.1 Å². The monoisotopic (exact) mass is 379 g/mol. The Kier molecular flexibility index (Phi) is 8.76. The number of amides is 1. The van der Waals surface area contributed by atoms with Gasteiger partial charge < -0.3 is 19.9 Å². The number of hydrogen-bond acceptors (Lipinski definition) is 4. The highest BCUT2D eigenvalue weighted by Crippen LogP contribution is 2.17. The first-order chi connectivity index (χ1) is 10.7. The van der Waals surface area contributed by atoms with Crippen LogP contribution in [0.5, 0.6) is 0 Å². The van der Waals surface area contributed by atoms with E-state index in [-0.39, 0.29) is 42.6 Å². The maximum Gasteiger partial charge on any atom is 0.224 e. The predicted molar refractivity (Wildman–Crippen MR) is 96.9 cm³/mol. The molecule has 3 rings (SSSR count). The van der Waals surface area contributed by atoms with E-state index in [0.29, 0.717) is 26.1 Å². The Morgan fingerprint density at radius 2 is 1.83 bits per heavy atom. The average Bonchev–Trinajstić information content (AvgIpc) is 2.57. The van der Waals surface area contributed by atoms with Crippen molar-refractivity contribution in [2.75, 3.05) is 50.8 Å². The summed E-state index contributed by atoms with van der Waals surface area (Å²) in [5, 5.41) is 3.31. The minimum absolute atomic E-state index is 0. The van der Waals surface area contributed by atoms with Crippen LogP contribution >= 0.6 is 24.8 Å². The normalized spacial score (nSPS) is 20.8. The third-order valence-electron chi connectivity index (χ3n) is 4.24. The first-order valence-electron chi connectivity index (χ1n) is 7.82. The minimum atomic E-state index is -0.222. The summed E-state index contributed by atoms with van der Waals surface area (Å²) < 4.78 is 18.3. The quantitative estimate of drug-likeness (QED) is 0.867. The van der Waals surface area contributed by atoms with Crippen LogP contribution in [0, 0.1) is 5.82 Å². The van der Waals surface area contributed by atoms with Gasteiger partial charge in [0.25, 0.3) is 0 Å². The van der Waals surface area contributed by atoms with Crippen molar-refractivity contribution in [2.24, 2.45) is 0 Å². The second-order valence-electron chi connectivity index (χ2n) is 5.77. The van der Waals surface area contributed by atoms with E-state index in [9.17, 15) is 9.18 Å². The first-order valence-corrected chi connectivity index (χ1v) is 7.82. The molecule has 2 aliphatic heterocycles. The Balaban J connectivity index is 0.00000144. The molecule has 2 heterocycles. The van der Waals surface area contributed by atoms with Crippen LogP contribution in [0.1, 0.15) is 6.42 Å². The van der Waals surface area contributed by atoms with Crippen LogP contribution in [0.3, 0.4) is 0 Å². The summed E-state index contributed by atoms with van der Waals surface area (Å²) in [6, 6.07) is 6.66. The van der Waals surface area contributed by atoms with Gasteiger partial charge in [0.2, 0.25) is 5.91 Å². The molecular formula is C16H24Cl2FN3O2. The minimum Gasteiger partial charge on any atom is -0.378 e. The van der Waals surface area contributed by atoms with Gasteiger partial charge in [-0.15, -0.1) is 24.8 Å². The van der Waals surface area contributed by atoms with Crippen molar-refractivity contribution >= 4 is 36.4 Å². The third kappa shape index (κ3) is 5.48. The van der Waals surface area contributed by atoms with E-state index in [1.165, 1.54) is 12.1 Å². The number of rotatable bonds is 3. The molecule has 2 fully saturated rings. The fourth-order valence-electron chi connectivity index (χ4n) is 2.96. The molecular weight excluding hydrogens is 356 g/mol. The molecule has 136 valence electrons. The van der Waals surface area contributed by atoms with Crippen LogP contribution in [0.2, 0.25) is 0 Å². The van der Waals surface area contributed by atoms with Crippen molar-refractivity contribution in [1.29, 1.82) is 0 Å². The van der Waals surface area contributed by atoms with Crippen molar-refractivity contribution in [1.82, 2.24) is 10.2 Å². The van der Waals surface area contributed by atoms with Crippen molar-refractivity contribution in [2.45, 2.75) is 12.5 Å². The summed E-state index contributed by atoms with van der Waals surface area (Å²) in [4.78, 5) is 16.4. The number of morpholine rings is 1. The highest BCUT2D eigenvalue weighted by Gasteiger charge is 2.24. The van der Waals surface area contributed by atoms with Crippen LogP contribution < -0.4 is 10.2 Å². The van der Waals surface area contributed by atoms with E-state index in [1.807, 2.05) is 4.90 Å². The molecule has 2 aliphatic rings. The number of benzene rings is 1. The number of carbonyl (C=O) groups excluding carboxylic acids is 1. The first kappa shape index (κ1) is 21.0. The maximum absolute atomic E-state index is 13.0. The molecule has 1 aromatic carbocycles. The van der Waals surface area contributed by atoms with Gasteiger partial charge >= 0.3 is 0 Å². The van der Waals surface area contributed by atoms with Crippen molar-refractivity contribution in [3.05, 3.63) is 30.1 Å². The standard InChI is InChI=1S/C16H22FN3O2.2ClH/c17-13-1-3-15(4-2-13)19-6-8-20(9-7-19)16(21)11-14-12-22-10-5-18-14;;/h1-4,14,18H,5-12H2;2*1H. The van der Waals surface area contributed by atoms with Gasteiger partial charge in [-0.2, -0.15) is 0 Å². The molecule has 0 saturated carbocycles. The van der Waals surface area contributed by atoms with E-state index >= 15 is 0 Å². The fraction of sp³-hybridized carbons (Fsp3) is 0.562. The van der Waals surface area contributed by atoms with Gasteiger partial charge in [0.15, 0.2) is 0 Å². The predicted octanol–water partition coefficient (Wildman–Crippen LogP) is 1.70. The van der Waals surface area contributed by atoms with Crippen LogP contribution in [-0.4, -0.2) is 62.8 Å². The van der Waals surface area contributed by atoms with Crippen LogP contribution in [0.25, 0.3) is 0 Å². The summed E-state index contributed by atoms with van der Waals surface area (Å²) in [5.74, 6) is -0.0403. The number of carbonyl (C=O) groups is 1. The Bertz CT molecular complexity index is 505. The van der Waals surface area contributed by atoms with E-state index < -0.39 is 0 Å². The molecule has 1 amide bonds. The molecule has 5 nitrogen and oxygen atoms in total. The van der Waals surface area contributed by atoms with Gasteiger partial charge in [-0.05, 0) is 24.3 Å². The smallest absolute Gasteiger partial charge is 0.224 e. The van der Waals surface area contributed by atoms with Gasteiger partial charge in [-0.3, -0.25) is 4.79 Å². The van der Waals surface area contributed by atoms with Crippen LogP contribution in [0.15, 0.2) is 24.3 Å². The summed E-state index contributed by atoms with van der Waals surface area (Å²) in [5.41, 5.74) is 1.01. The van der Waals surface area contributed by atoms with Gasteiger partial charge in [-0.1, -0.05) is 0 Å².